The van der Waals surface area contributed by atoms with Gasteiger partial charge in [0.05, 0.1) is 0 Å². The lowest BCUT2D eigenvalue weighted by Gasteiger charge is -2.34. The number of aliphatic imine (C=N–C) groups is 1. The molecule has 2 N–H and O–H groups in total. The number of nitrogens with zero attached hydrogens (tertiary/aromatic N) is 2. The van der Waals surface area contributed by atoms with Crippen LogP contribution in [-0.4, -0.2) is 63.2 Å². The fourth-order valence-corrected chi connectivity index (χ4v) is 3.58. The minimum absolute atomic E-state index is 0.153. The van der Waals surface area contributed by atoms with Crippen molar-refractivity contribution in [2.45, 2.75) is 78.1 Å². The zero-order valence-corrected chi connectivity index (χ0v) is 18.6. The van der Waals surface area contributed by atoms with Crippen molar-refractivity contribution in [3.05, 3.63) is 0 Å². The van der Waals surface area contributed by atoms with Crippen LogP contribution in [0.1, 0.15) is 78.1 Å². The smallest absolute Gasteiger partial charge is 0.220 e. The van der Waals surface area contributed by atoms with E-state index in [2.05, 4.69) is 29.4 Å². The van der Waals surface area contributed by atoms with Crippen molar-refractivity contribution in [1.29, 1.82) is 0 Å². The van der Waals surface area contributed by atoms with Gasteiger partial charge in [-0.05, 0) is 38.5 Å². The van der Waals surface area contributed by atoms with Crippen molar-refractivity contribution < 1.29 is 9.53 Å². The van der Waals surface area contributed by atoms with Crippen LogP contribution < -0.4 is 10.6 Å². The van der Waals surface area contributed by atoms with Crippen molar-refractivity contribution in [2.24, 2.45) is 10.9 Å². The van der Waals surface area contributed by atoms with Gasteiger partial charge >= 0.3 is 0 Å². The summed E-state index contributed by atoms with van der Waals surface area (Å²) in [5.41, 5.74) is 0. The molecule has 1 heterocycles. The van der Waals surface area contributed by atoms with E-state index in [-0.39, 0.29) is 5.91 Å². The molecule has 1 fully saturated rings. The van der Waals surface area contributed by atoms with Crippen LogP contribution >= 0.6 is 0 Å². The monoisotopic (exact) mass is 396 g/mol. The summed E-state index contributed by atoms with van der Waals surface area (Å²) in [4.78, 5) is 18.7. The van der Waals surface area contributed by atoms with Crippen LogP contribution in [0.15, 0.2) is 4.99 Å². The van der Waals surface area contributed by atoms with Crippen molar-refractivity contribution in [1.82, 2.24) is 15.5 Å². The number of rotatable bonds is 14. The van der Waals surface area contributed by atoms with Gasteiger partial charge in [0.15, 0.2) is 5.96 Å². The molecule has 0 aromatic rings. The van der Waals surface area contributed by atoms with Crippen LogP contribution in [0.4, 0.5) is 0 Å². The van der Waals surface area contributed by atoms with E-state index in [4.69, 9.17) is 9.73 Å². The van der Waals surface area contributed by atoms with Crippen molar-refractivity contribution in [2.75, 3.05) is 46.4 Å². The van der Waals surface area contributed by atoms with E-state index in [9.17, 15) is 4.79 Å². The Labute approximate surface area is 172 Å². The van der Waals surface area contributed by atoms with Crippen molar-refractivity contribution >= 4 is 11.9 Å². The molecule has 0 saturated carbocycles. The lowest BCUT2D eigenvalue weighted by molar-refractivity contribution is -0.121. The van der Waals surface area contributed by atoms with E-state index < -0.39 is 0 Å². The zero-order valence-electron chi connectivity index (χ0n) is 18.6. The number of likely N-dealkylation sites (tertiary alicyclic amines) is 1. The van der Waals surface area contributed by atoms with Gasteiger partial charge in [-0.25, -0.2) is 0 Å². The average Bonchev–Trinajstić information content (AvgIpc) is 2.71. The van der Waals surface area contributed by atoms with E-state index in [0.717, 1.165) is 64.6 Å². The quantitative estimate of drug-likeness (QED) is 0.268. The van der Waals surface area contributed by atoms with Gasteiger partial charge in [0.25, 0.3) is 0 Å². The summed E-state index contributed by atoms with van der Waals surface area (Å²) in [6.07, 6.45) is 11.6. The first kappa shape index (κ1) is 24.7. The van der Waals surface area contributed by atoms with Gasteiger partial charge in [-0.1, -0.05) is 39.0 Å². The fourth-order valence-electron chi connectivity index (χ4n) is 3.58. The summed E-state index contributed by atoms with van der Waals surface area (Å²) < 4.78 is 5.75. The third-order valence-corrected chi connectivity index (χ3v) is 5.35. The minimum Gasteiger partial charge on any atom is -0.381 e. The summed E-state index contributed by atoms with van der Waals surface area (Å²) in [7, 11) is 1.71. The average molecular weight is 397 g/mol. The number of nitrogens with one attached hydrogen (secondary N) is 2. The van der Waals surface area contributed by atoms with Gasteiger partial charge in [0, 0.05) is 52.9 Å². The van der Waals surface area contributed by atoms with E-state index in [1.165, 1.54) is 38.5 Å². The predicted molar refractivity (Wildman–Crippen MR) is 118 cm³/mol. The maximum atomic E-state index is 11.6. The van der Waals surface area contributed by atoms with Gasteiger partial charge in [-0.2, -0.15) is 0 Å². The second-order valence-electron chi connectivity index (χ2n) is 7.78. The molecule has 28 heavy (non-hydrogen) atoms. The highest BCUT2D eigenvalue weighted by Crippen LogP contribution is 2.20. The predicted octanol–water partition coefficient (Wildman–Crippen LogP) is 3.57. The number of ether oxygens (including phenoxy) is 1. The Balaban J connectivity index is 2.16. The Morgan fingerprint density at radius 2 is 1.71 bits per heavy atom. The Morgan fingerprint density at radius 1 is 1.04 bits per heavy atom. The van der Waals surface area contributed by atoms with Gasteiger partial charge in [0.1, 0.15) is 0 Å². The maximum Gasteiger partial charge on any atom is 0.220 e. The molecule has 164 valence electrons. The normalized spacial score (nSPS) is 15.7. The molecular formula is C22H44N4O2. The molecule has 1 rings (SSSR count). The first-order valence-corrected chi connectivity index (χ1v) is 11.5. The van der Waals surface area contributed by atoms with Crippen LogP contribution in [-0.2, 0) is 9.53 Å². The molecule has 1 amide bonds. The second kappa shape index (κ2) is 16.6. The van der Waals surface area contributed by atoms with Gasteiger partial charge in [-0.15, -0.1) is 0 Å². The molecule has 0 aromatic heterocycles. The molecule has 0 aliphatic carbocycles. The standard InChI is InChI=1S/C22H44N4O2/c1-4-6-7-8-9-10-17-28-18-11-14-25-22(24-5-2)26-15-12-20(13-16-26)19-21(27)23-3/h20H,4-19H2,1-3H3,(H,23,27)(H,24,25). The Bertz CT molecular complexity index is 421. The second-order valence-corrected chi connectivity index (χ2v) is 7.78. The van der Waals surface area contributed by atoms with E-state index in [0.29, 0.717) is 12.3 Å². The van der Waals surface area contributed by atoms with Gasteiger partial charge < -0.3 is 20.3 Å². The summed E-state index contributed by atoms with van der Waals surface area (Å²) in [5, 5.41) is 6.14. The lowest BCUT2D eigenvalue weighted by Crippen LogP contribution is -2.46. The third-order valence-electron chi connectivity index (χ3n) is 5.35. The van der Waals surface area contributed by atoms with Gasteiger partial charge in [0.2, 0.25) is 5.91 Å². The van der Waals surface area contributed by atoms with Crippen LogP contribution in [0, 0.1) is 5.92 Å². The lowest BCUT2D eigenvalue weighted by atomic mass is 9.93. The van der Waals surface area contributed by atoms with Crippen molar-refractivity contribution in [3.8, 4) is 0 Å². The molecule has 1 saturated heterocycles. The molecule has 1 aliphatic heterocycles. The third kappa shape index (κ3) is 11.5. The topological polar surface area (TPSA) is 66.0 Å². The Morgan fingerprint density at radius 3 is 2.39 bits per heavy atom. The molecule has 0 radical (unpaired) electrons. The molecular weight excluding hydrogens is 352 g/mol. The minimum atomic E-state index is 0.153. The molecule has 0 aromatic carbocycles. The van der Waals surface area contributed by atoms with Crippen LogP contribution in [0.5, 0.6) is 0 Å². The van der Waals surface area contributed by atoms with E-state index in [1.54, 1.807) is 7.05 Å². The number of hydrogen-bond donors (Lipinski definition) is 2. The van der Waals surface area contributed by atoms with Crippen LogP contribution in [0.25, 0.3) is 0 Å². The largest absolute Gasteiger partial charge is 0.381 e. The maximum absolute atomic E-state index is 11.6. The number of amides is 1. The summed E-state index contributed by atoms with van der Waals surface area (Å²) in [6.45, 7) is 9.67. The first-order valence-electron chi connectivity index (χ1n) is 11.5. The number of carbonyl (C=O) groups excluding carboxylic acids is 1. The van der Waals surface area contributed by atoms with E-state index in [1.807, 2.05) is 0 Å². The number of hydrogen-bond acceptors (Lipinski definition) is 3. The number of carbonyl (C=O) groups is 1. The molecule has 1 aliphatic rings. The number of unbranched alkanes of at least 4 members (excludes halogenated alkanes) is 5. The Kier molecular flexibility index (Phi) is 14.7. The molecule has 0 atom stereocenters. The molecule has 0 bridgehead atoms. The Hall–Kier alpha value is -1.30. The highest BCUT2D eigenvalue weighted by Gasteiger charge is 2.22. The highest BCUT2D eigenvalue weighted by atomic mass is 16.5. The highest BCUT2D eigenvalue weighted by molar-refractivity contribution is 5.80. The van der Waals surface area contributed by atoms with Crippen molar-refractivity contribution in [3.63, 3.8) is 0 Å². The summed E-state index contributed by atoms with van der Waals surface area (Å²) in [5.74, 6) is 1.66. The summed E-state index contributed by atoms with van der Waals surface area (Å²) in [6, 6.07) is 0. The molecule has 0 unspecified atom stereocenters. The van der Waals surface area contributed by atoms with E-state index >= 15 is 0 Å². The van der Waals surface area contributed by atoms with Crippen LogP contribution in [0.3, 0.4) is 0 Å². The first-order chi connectivity index (χ1) is 13.7. The summed E-state index contributed by atoms with van der Waals surface area (Å²) >= 11 is 0. The fraction of sp³-hybridized carbons (Fsp3) is 0.909. The molecule has 6 heteroatoms. The molecule has 0 spiro atoms. The molecule has 6 nitrogen and oxygen atoms in total. The zero-order chi connectivity index (χ0) is 20.5. The number of guanidine groups is 1. The van der Waals surface area contributed by atoms with Gasteiger partial charge in [-0.3, -0.25) is 9.79 Å². The van der Waals surface area contributed by atoms with Crippen LogP contribution in [0.2, 0.25) is 0 Å². The number of piperidine rings is 1. The SMILES string of the molecule is CCCCCCCCOCCCN=C(NCC)N1CCC(CC(=O)NC)CC1.